The first kappa shape index (κ1) is 38.4. The summed E-state index contributed by atoms with van der Waals surface area (Å²) in [5, 5.41) is 17.4. The lowest BCUT2D eigenvalue weighted by Gasteiger charge is -2.44. The average molecular weight is 694 g/mol. The topological polar surface area (TPSA) is 97.4 Å². The summed E-state index contributed by atoms with van der Waals surface area (Å²) < 4.78 is 19.5. The molecule has 2 aromatic carbocycles. The molecule has 2 N–H and O–H groups in total. The number of nitrogens with one attached hydrogen (secondary N) is 1. The molecule has 0 unspecified atom stereocenters. The third-order valence-corrected chi connectivity index (χ3v) is 20.0. The Morgan fingerprint density at radius 2 is 1.48 bits per heavy atom. The summed E-state index contributed by atoms with van der Waals surface area (Å²) in [5.74, 6) is -1.35. The van der Waals surface area contributed by atoms with Crippen LogP contribution in [0.5, 0.6) is 0 Å². The molecule has 0 spiro atoms. The monoisotopic (exact) mass is 693 g/mol. The Balaban J connectivity index is 1.67. The first-order valence-electron chi connectivity index (χ1n) is 18.1. The third kappa shape index (κ3) is 8.48. The van der Waals surface area contributed by atoms with Crippen LogP contribution in [0.15, 0.2) is 72.8 Å². The fourth-order valence-corrected chi connectivity index (χ4v) is 12.9. The lowest BCUT2D eigenvalue weighted by Crippen LogP contribution is -2.71. The third-order valence-electron chi connectivity index (χ3n) is 10.7. The standard InChI is InChI=1S/C39H59NO6Si2/c1-8-10-11-12-13-14-21-26-33-34(46-33)27-28-35(41)39(43)36(32(40-37(39)42)29-45-47(6,7)38(3,4)5)48(44-9-2,30-22-17-15-18-23-30)31-24-19-16-20-25-31/h15-20,22-25,27-28,32-34,36,43H,8-14,21,26,29H2,1-7H3,(H,40,42)/b28-27+/t32-,33-,34-,36-,39-/m1/s1. The first-order valence-corrected chi connectivity index (χ1v) is 23.0. The Labute approximate surface area is 291 Å². The van der Waals surface area contributed by atoms with Gasteiger partial charge >= 0.3 is 0 Å². The number of aliphatic hydroxyl groups is 1. The van der Waals surface area contributed by atoms with Crippen molar-refractivity contribution in [1.29, 1.82) is 0 Å². The fraction of sp³-hybridized carbons (Fsp3) is 0.590. The smallest absolute Gasteiger partial charge is 0.264 e. The summed E-state index contributed by atoms with van der Waals surface area (Å²) in [7, 11) is -5.79. The summed E-state index contributed by atoms with van der Waals surface area (Å²) in [6, 6.07) is 19.0. The lowest BCUT2D eigenvalue weighted by molar-refractivity contribution is -0.145. The molecule has 2 aliphatic heterocycles. The molecule has 5 atom stereocenters. The highest BCUT2D eigenvalue weighted by atomic mass is 28.4. The van der Waals surface area contributed by atoms with Gasteiger partial charge in [0.25, 0.3) is 14.2 Å². The predicted octanol–water partition coefficient (Wildman–Crippen LogP) is 6.44. The summed E-state index contributed by atoms with van der Waals surface area (Å²) in [6.45, 7) is 15.5. The Kier molecular flexibility index (Phi) is 13.2. The van der Waals surface area contributed by atoms with Crippen LogP contribution in [0.25, 0.3) is 0 Å². The molecule has 0 saturated carbocycles. The lowest BCUT2D eigenvalue weighted by atomic mass is 9.92. The molecule has 2 saturated heterocycles. The molecular weight excluding hydrogens is 635 g/mol. The van der Waals surface area contributed by atoms with Crippen LogP contribution in [0.1, 0.15) is 86.0 Å². The van der Waals surface area contributed by atoms with Gasteiger partial charge in [0.1, 0.15) is 6.10 Å². The van der Waals surface area contributed by atoms with Crippen molar-refractivity contribution in [3.05, 3.63) is 72.8 Å². The fourth-order valence-electron chi connectivity index (χ4n) is 6.84. The number of amides is 1. The van der Waals surface area contributed by atoms with Gasteiger partial charge in [-0.05, 0) is 54.0 Å². The number of hydrogen-bond acceptors (Lipinski definition) is 6. The van der Waals surface area contributed by atoms with E-state index in [2.05, 4.69) is 46.1 Å². The zero-order chi connectivity index (χ0) is 35.0. The molecule has 0 bridgehead atoms. The molecule has 7 nitrogen and oxygen atoms in total. The Morgan fingerprint density at radius 3 is 2.02 bits per heavy atom. The molecule has 0 radical (unpaired) electrons. The zero-order valence-corrected chi connectivity index (χ0v) is 32.3. The maximum atomic E-state index is 14.3. The maximum Gasteiger partial charge on any atom is 0.264 e. The Bertz CT molecular complexity index is 1320. The second-order valence-corrected chi connectivity index (χ2v) is 23.4. The van der Waals surface area contributed by atoms with Gasteiger partial charge in [0.2, 0.25) is 5.60 Å². The van der Waals surface area contributed by atoms with Crippen LogP contribution in [0, 0.1) is 0 Å². The zero-order valence-electron chi connectivity index (χ0n) is 30.3. The van der Waals surface area contributed by atoms with Crippen molar-refractivity contribution in [3.8, 4) is 0 Å². The number of rotatable bonds is 19. The summed E-state index contributed by atoms with van der Waals surface area (Å²) in [4.78, 5) is 28.4. The molecule has 264 valence electrons. The van der Waals surface area contributed by atoms with Crippen molar-refractivity contribution >= 4 is 38.7 Å². The predicted molar refractivity (Wildman–Crippen MR) is 199 cm³/mol. The van der Waals surface area contributed by atoms with E-state index in [1.54, 1.807) is 6.08 Å². The van der Waals surface area contributed by atoms with Crippen molar-refractivity contribution in [2.24, 2.45) is 0 Å². The molecule has 1 amide bonds. The van der Waals surface area contributed by atoms with Crippen LogP contribution in [-0.4, -0.2) is 70.5 Å². The molecule has 2 aromatic rings. The Hall–Kier alpha value is -2.41. The van der Waals surface area contributed by atoms with Gasteiger partial charge < -0.3 is 24.0 Å². The van der Waals surface area contributed by atoms with Crippen LogP contribution in [0.3, 0.4) is 0 Å². The number of hydrogen-bond donors (Lipinski definition) is 2. The van der Waals surface area contributed by atoms with Crippen LogP contribution in [-0.2, 0) is 23.2 Å². The van der Waals surface area contributed by atoms with E-state index < -0.39 is 45.5 Å². The molecule has 2 fully saturated rings. The van der Waals surface area contributed by atoms with Gasteiger partial charge in [-0.25, -0.2) is 0 Å². The number of carbonyl (C=O) groups excluding carboxylic acids is 2. The van der Waals surface area contributed by atoms with Crippen LogP contribution in [0.4, 0.5) is 0 Å². The first-order chi connectivity index (χ1) is 22.8. The maximum absolute atomic E-state index is 14.3. The normalized spacial score (nSPS) is 24.6. The van der Waals surface area contributed by atoms with E-state index in [1.807, 2.05) is 67.6 Å². The van der Waals surface area contributed by atoms with Gasteiger partial charge in [-0.15, -0.1) is 0 Å². The van der Waals surface area contributed by atoms with Gasteiger partial charge in [-0.2, -0.15) is 0 Å². The minimum absolute atomic E-state index is 0.0663. The van der Waals surface area contributed by atoms with Gasteiger partial charge in [0.05, 0.1) is 24.3 Å². The van der Waals surface area contributed by atoms with Gasteiger partial charge in [0, 0.05) is 6.61 Å². The van der Waals surface area contributed by atoms with E-state index in [4.69, 9.17) is 13.6 Å². The molecule has 48 heavy (non-hydrogen) atoms. The minimum Gasteiger partial charge on any atom is -0.415 e. The number of ether oxygens (including phenoxy) is 1. The highest BCUT2D eigenvalue weighted by Crippen LogP contribution is 2.44. The highest BCUT2D eigenvalue weighted by molar-refractivity contribution is 6.99. The van der Waals surface area contributed by atoms with E-state index >= 15 is 0 Å². The van der Waals surface area contributed by atoms with E-state index in [-0.39, 0.29) is 23.9 Å². The summed E-state index contributed by atoms with van der Waals surface area (Å²) >= 11 is 0. The second kappa shape index (κ2) is 16.5. The molecule has 2 heterocycles. The number of ketones is 1. The van der Waals surface area contributed by atoms with Crippen molar-refractivity contribution in [1.82, 2.24) is 5.32 Å². The Morgan fingerprint density at radius 1 is 0.917 bits per heavy atom. The van der Waals surface area contributed by atoms with Gasteiger partial charge in [-0.3, -0.25) is 9.59 Å². The van der Waals surface area contributed by atoms with Gasteiger partial charge in [-0.1, -0.05) is 133 Å². The van der Waals surface area contributed by atoms with Crippen LogP contribution >= 0.6 is 0 Å². The van der Waals surface area contributed by atoms with Crippen molar-refractivity contribution in [2.45, 2.75) is 134 Å². The number of carbonyl (C=O) groups is 2. The van der Waals surface area contributed by atoms with Gasteiger partial charge in [0.15, 0.2) is 14.1 Å². The molecule has 0 aromatic heterocycles. The SMILES string of the molecule is CCCCCCCCC[C@H]1O[C@@H]1/C=C/C(=O)[C@]1(O)C(=O)N[C@H](CO[Si](C)(C)C(C)(C)C)[C@H]1[Si](OCC)(c1ccccc1)c1ccccc1. The van der Waals surface area contributed by atoms with Crippen LogP contribution in [0.2, 0.25) is 23.7 Å². The van der Waals surface area contributed by atoms with E-state index in [0.717, 1.165) is 23.2 Å². The molecule has 0 aliphatic carbocycles. The second-order valence-electron chi connectivity index (χ2n) is 15.1. The summed E-state index contributed by atoms with van der Waals surface area (Å²) in [6.07, 6.45) is 12.6. The quantitative estimate of drug-likeness (QED) is 0.0579. The van der Waals surface area contributed by atoms with Crippen molar-refractivity contribution in [2.75, 3.05) is 13.2 Å². The van der Waals surface area contributed by atoms with Crippen LogP contribution < -0.4 is 15.7 Å². The number of benzene rings is 2. The average Bonchev–Trinajstić information content (AvgIpc) is 3.77. The highest BCUT2D eigenvalue weighted by Gasteiger charge is 2.68. The van der Waals surface area contributed by atoms with Crippen molar-refractivity contribution in [3.63, 3.8) is 0 Å². The van der Waals surface area contributed by atoms with E-state index in [1.165, 1.54) is 44.6 Å². The minimum atomic E-state index is -3.53. The summed E-state index contributed by atoms with van der Waals surface area (Å²) in [5.41, 5.74) is -3.28. The number of epoxide rings is 1. The molecular formula is C39H59NO6Si2. The number of unbranched alkanes of at least 4 members (excludes halogenated alkanes) is 6. The molecule has 2 aliphatic rings. The molecule has 4 rings (SSSR count). The molecule has 9 heteroatoms. The largest absolute Gasteiger partial charge is 0.415 e. The van der Waals surface area contributed by atoms with E-state index in [0.29, 0.717) is 6.61 Å². The van der Waals surface area contributed by atoms with E-state index in [9.17, 15) is 14.7 Å². The van der Waals surface area contributed by atoms with Crippen molar-refractivity contribution < 1.29 is 28.3 Å².